The van der Waals surface area contributed by atoms with Crippen LogP contribution in [-0.4, -0.2) is 17.0 Å². The number of hydrogen-bond acceptors (Lipinski definition) is 1. The van der Waals surface area contributed by atoms with Gasteiger partial charge < -0.3 is 9.88 Å². The van der Waals surface area contributed by atoms with Crippen molar-refractivity contribution in [1.82, 2.24) is 9.88 Å². The van der Waals surface area contributed by atoms with E-state index in [1.54, 1.807) is 11.5 Å². The number of likely N-dealkylation sites (N-methyl/N-ethyl adjacent to an activating group) is 1. The minimum absolute atomic E-state index is 0.00204. The summed E-state index contributed by atoms with van der Waals surface area (Å²) in [4.78, 5) is 15.0. The van der Waals surface area contributed by atoms with Crippen molar-refractivity contribution in [2.24, 2.45) is 0 Å². The number of nitrogens with zero attached hydrogens (tertiary/aromatic N) is 2. The largest absolute Gasteiger partial charge is 0.408 e. The number of carbonyl (C=O) groups is 1. The molecule has 4 nitrogen and oxygen atoms in total. The molecule has 0 bridgehead atoms. The van der Waals surface area contributed by atoms with E-state index >= 15 is 0 Å². The predicted octanol–water partition coefficient (Wildman–Crippen LogP) is 4.22. The van der Waals surface area contributed by atoms with Gasteiger partial charge in [0.15, 0.2) is 5.69 Å². The van der Waals surface area contributed by atoms with Crippen LogP contribution in [0.2, 0.25) is 0 Å². The van der Waals surface area contributed by atoms with Gasteiger partial charge in [-0.05, 0) is 37.8 Å². The maximum absolute atomic E-state index is 13.5. The highest BCUT2D eigenvalue weighted by Crippen LogP contribution is 2.46. The first-order valence-corrected chi connectivity index (χ1v) is 7.74. The highest BCUT2D eigenvalue weighted by molar-refractivity contribution is 5.91. The van der Waals surface area contributed by atoms with E-state index in [2.05, 4.69) is 10.2 Å². The fourth-order valence-electron chi connectivity index (χ4n) is 3.02. The molecular formula is C17H16F3N3O. The van der Waals surface area contributed by atoms with Crippen molar-refractivity contribution in [2.45, 2.75) is 38.4 Å². The summed E-state index contributed by atoms with van der Waals surface area (Å²) in [5.41, 5.74) is -0.231. The summed E-state index contributed by atoms with van der Waals surface area (Å²) in [6.07, 6.45) is -2.80. The fraction of sp³-hybridized carbons (Fsp3) is 0.412. The van der Waals surface area contributed by atoms with Gasteiger partial charge in [-0.2, -0.15) is 13.2 Å². The van der Waals surface area contributed by atoms with Crippen LogP contribution in [0, 0.1) is 6.57 Å². The van der Waals surface area contributed by atoms with Gasteiger partial charge in [-0.25, -0.2) is 4.85 Å². The van der Waals surface area contributed by atoms with E-state index in [0.29, 0.717) is 12.1 Å². The van der Waals surface area contributed by atoms with Gasteiger partial charge in [-0.15, -0.1) is 0 Å². The van der Waals surface area contributed by atoms with Gasteiger partial charge >= 0.3 is 6.18 Å². The van der Waals surface area contributed by atoms with Crippen LogP contribution in [-0.2, 0) is 17.5 Å². The number of halogens is 3. The molecule has 0 radical (unpaired) electrons. The minimum Gasteiger partial charge on any atom is -0.355 e. The molecule has 2 aromatic rings. The average Bonchev–Trinajstić information content (AvgIpc) is 3.29. The quantitative estimate of drug-likeness (QED) is 0.835. The SMILES string of the molecule is [C-]#[N+]c1ccc2c(cc(C3CC3)n2CC(=O)NCC)c1C(F)(F)F. The van der Waals surface area contributed by atoms with Gasteiger partial charge in [-0.1, -0.05) is 6.07 Å². The zero-order valence-electron chi connectivity index (χ0n) is 13.1. The van der Waals surface area contributed by atoms with E-state index in [9.17, 15) is 18.0 Å². The summed E-state index contributed by atoms with van der Waals surface area (Å²) in [6, 6.07) is 4.19. The van der Waals surface area contributed by atoms with Crippen molar-refractivity contribution in [3.05, 3.63) is 40.9 Å². The maximum Gasteiger partial charge on any atom is 0.408 e. The van der Waals surface area contributed by atoms with E-state index in [-0.39, 0.29) is 23.8 Å². The molecule has 0 spiro atoms. The Morgan fingerprint density at radius 1 is 1.42 bits per heavy atom. The van der Waals surface area contributed by atoms with Crippen LogP contribution in [0.15, 0.2) is 18.2 Å². The zero-order valence-corrected chi connectivity index (χ0v) is 13.1. The van der Waals surface area contributed by atoms with Crippen molar-refractivity contribution in [3.63, 3.8) is 0 Å². The fourth-order valence-corrected chi connectivity index (χ4v) is 3.02. The zero-order chi connectivity index (χ0) is 17.5. The van der Waals surface area contributed by atoms with Crippen molar-refractivity contribution < 1.29 is 18.0 Å². The van der Waals surface area contributed by atoms with Gasteiger partial charge in [0.05, 0.1) is 12.1 Å². The molecule has 0 atom stereocenters. The van der Waals surface area contributed by atoms with Crippen LogP contribution in [0.1, 0.15) is 36.9 Å². The molecule has 0 aliphatic heterocycles. The number of carbonyl (C=O) groups excluding carboxylic acids is 1. The molecule has 0 saturated heterocycles. The Bertz CT molecular complexity index is 841. The summed E-state index contributed by atoms with van der Waals surface area (Å²) < 4.78 is 42.1. The number of nitrogens with one attached hydrogen (secondary N) is 1. The lowest BCUT2D eigenvalue weighted by molar-refractivity contribution is -0.135. The van der Waals surface area contributed by atoms with Gasteiger partial charge in [0, 0.05) is 23.1 Å². The standard InChI is InChI=1S/C17H16F3N3O/c1-3-22-15(24)9-23-13-7-6-12(21-2)16(17(18,19)20)11(13)8-14(23)10-4-5-10/h6-8,10H,3-5,9H2,1H3,(H,22,24). The van der Waals surface area contributed by atoms with Crippen LogP contribution < -0.4 is 5.32 Å². The molecule has 1 saturated carbocycles. The second kappa shape index (κ2) is 5.86. The maximum atomic E-state index is 13.5. The lowest BCUT2D eigenvalue weighted by atomic mass is 10.1. The smallest absolute Gasteiger partial charge is 0.355 e. The van der Waals surface area contributed by atoms with E-state index < -0.39 is 17.4 Å². The Labute approximate surface area is 137 Å². The van der Waals surface area contributed by atoms with Crippen molar-refractivity contribution >= 4 is 22.5 Å². The van der Waals surface area contributed by atoms with Crippen LogP contribution in [0.4, 0.5) is 18.9 Å². The monoisotopic (exact) mass is 335 g/mol. The summed E-state index contributed by atoms with van der Waals surface area (Å²) in [5.74, 6) is -0.0518. The Morgan fingerprint density at radius 3 is 2.67 bits per heavy atom. The van der Waals surface area contributed by atoms with Crippen LogP contribution >= 0.6 is 0 Å². The minimum atomic E-state index is -4.61. The topological polar surface area (TPSA) is 38.4 Å². The van der Waals surface area contributed by atoms with Gasteiger partial charge in [0.25, 0.3) is 0 Å². The number of benzene rings is 1. The number of rotatable bonds is 4. The predicted molar refractivity (Wildman–Crippen MR) is 83.9 cm³/mol. The summed E-state index contributed by atoms with van der Waals surface area (Å²) in [5, 5.41) is 2.67. The third-order valence-electron chi connectivity index (χ3n) is 4.17. The molecule has 1 aliphatic carbocycles. The van der Waals surface area contributed by atoms with Crippen LogP contribution in [0.25, 0.3) is 15.7 Å². The first-order valence-electron chi connectivity index (χ1n) is 7.74. The number of alkyl halides is 3. The van der Waals surface area contributed by atoms with Crippen molar-refractivity contribution in [3.8, 4) is 0 Å². The molecule has 1 heterocycles. The van der Waals surface area contributed by atoms with Crippen molar-refractivity contribution in [1.29, 1.82) is 0 Å². The molecule has 1 aliphatic rings. The second-order valence-corrected chi connectivity index (χ2v) is 5.89. The van der Waals surface area contributed by atoms with Crippen molar-refractivity contribution in [2.75, 3.05) is 6.54 Å². The molecular weight excluding hydrogens is 319 g/mol. The molecule has 1 aromatic heterocycles. The number of aromatic nitrogens is 1. The number of hydrogen-bond donors (Lipinski definition) is 1. The second-order valence-electron chi connectivity index (χ2n) is 5.89. The van der Waals surface area contributed by atoms with Gasteiger partial charge in [-0.3, -0.25) is 4.79 Å². The summed E-state index contributed by atoms with van der Waals surface area (Å²) in [6.45, 7) is 9.26. The lowest BCUT2D eigenvalue weighted by Crippen LogP contribution is -2.27. The first-order chi connectivity index (χ1) is 11.4. The Hall–Kier alpha value is -2.49. The Balaban J connectivity index is 2.22. The normalized spacial score (nSPS) is 14.6. The Kier molecular flexibility index (Phi) is 3.99. The lowest BCUT2D eigenvalue weighted by Gasteiger charge is -2.12. The Morgan fingerprint density at radius 2 is 2.12 bits per heavy atom. The molecule has 24 heavy (non-hydrogen) atoms. The first kappa shape index (κ1) is 16.4. The van der Waals surface area contributed by atoms with Gasteiger partial charge in [0.1, 0.15) is 6.54 Å². The summed E-state index contributed by atoms with van der Waals surface area (Å²) >= 11 is 0. The average molecular weight is 335 g/mol. The molecule has 1 aromatic carbocycles. The highest BCUT2D eigenvalue weighted by Gasteiger charge is 2.37. The molecule has 126 valence electrons. The molecule has 0 unspecified atom stereocenters. The van der Waals surface area contributed by atoms with E-state index in [1.165, 1.54) is 18.2 Å². The molecule has 1 N–H and O–H groups in total. The molecule has 1 amide bonds. The number of fused-ring (bicyclic) bond motifs is 1. The van der Waals surface area contributed by atoms with Gasteiger partial charge in [0.2, 0.25) is 5.91 Å². The van der Waals surface area contributed by atoms with E-state index in [4.69, 9.17) is 6.57 Å². The molecule has 1 fully saturated rings. The highest BCUT2D eigenvalue weighted by atomic mass is 19.4. The molecule has 3 rings (SSSR count). The number of amides is 1. The van der Waals surface area contributed by atoms with Crippen LogP contribution in [0.5, 0.6) is 0 Å². The van der Waals surface area contributed by atoms with E-state index in [1.807, 2.05) is 0 Å². The molecule has 7 heteroatoms. The van der Waals surface area contributed by atoms with E-state index in [0.717, 1.165) is 18.5 Å². The third-order valence-corrected chi connectivity index (χ3v) is 4.17. The third kappa shape index (κ3) is 2.84. The van der Waals surface area contributed by atoms with Crippen LogP contribution in [0.3, 0.4) is 0 Å². The summed E-state index contributed by atoms with van der Waals surface area (Å²) in [7, 11) is 0.